The van der Waals surface area contributed by atoms with Crippen LogP contribution in [0, 0.1) is 0 Å². The highest BCUT2D eigenvalue weighted by molar-refractivity contribution is 6.58. The molecule has 1 aliphatic heterocycles. The third-order valence-electron chi connectivity index (χ3n) is 2.69. The molecule has 0 aromatic carbocycles. The number of hydrogen-bond donors (Lipinski definition) is 0. The largest absolute Gasteiger partial charge is 0.0654 e. The van der Waals surface area contributed by atoms with Gasteiger partial charge >= 0.3 is 0 Å². The minimum atomic E-state index is 0.179. The van der Waals surface area contributed by atoms with Crippen molar-refractivity contribution in [3.63, 3.8) is 0 Å². The van der Waals surface area contributed by atoms with Gasteiger partial charge in [-0.25, -0.2) is 0 Å². The van der Waals surface area contributed by atoms with Crippen molar-refractivity contribution in [2.75, 3.05) is 0 Å². The molecule has 1 rings (SSSR count). The van der Waals surface area contributed by atoms with E-state index in [0.717, 1.165) is 0 Å². The maximum absolute atomic E-state index is 2.30. The minimum Gasteiger partial charge on any atom is -0.0654 e. The van der Waals surface area contributed by atoms with E-state index in [1.54, 1.807) is 31.0 Å². The molecule has 0 unspecified atom stereocenters. The smallest absolute Gasteiger partial charge is 0.0479 e. The molecule has 11 heavy (non-hydrogen) atoms. The fourth-order valence-electron chi connectivity index (χ4n) is 1.93. The van der Waals surface area contributed by atoms with Crippen LogP contribution >= 0.6 is 0 Å². The van der Waals surface area contributed by atoms with Crippen molar-refractivity contribution in [1.82, 2.24) is 0 Å². The first-order valence-electron chi connectivity index (χ1n) is 5.27. The summed E-state index contributed by atoms with van der Waals surface area (Å²) >= 11 is 0. The summed E-state index contributed by atoms with van der Waals surface area (Å²) in [6.07, 6.45) is 9.05. The first kappa shape index (κ1) is 9.31. The number of rotatable bonds is 4. The molecule has 1 heterocycles. The fourth-order valence-corrected chi connectivity index (χ4v) is 4.93. The highest BCUT2D eigenvalue weighted by atomic mass is 28.3. The molecule has 0 saturated carbocycles. The van der Waals surface area contributed by atoms with Crippen LogP contribution < -0.4 is 0 Å². The summed E-state index contributed by atoms with van der Waals surface area (Å²) in [7, 11) is 0.179. The van der Waals surface area contributed by atoms with Gasteiger partial charge in [0.25, 0.3) is 0 Å². The van der Waals surface area contributed by atoms with Gasteiger partial charge in [0.1, 0.15) is 0 Å². The van der Waals surface area contributed by atoms with Crippen LogP contribution in [0.25, 0.3) is 0 Å². The van der Waals surface area contributed by atoms with Crippen LogP contribution in [0.1, 0.15) is 45.4 Å². The molecule has 1 aliphatic rings. The van der Waals surface area contributed by atoms with Gasteiger partial charge in [0.2, 0.25) is 0 Å². The number of hydrogen-bond acceptors (Lipinski definition) is 0. The molecule has 0 atom stereocenters. The molecule has 0 aromatic heterocycles. The highest BCUT2D eigenvalue weighted by Crippen LogP contribution is 2.22. The van der Waals surface area contributed by atoms with Gasteiger partial charge in [0.05, 0.1) is 0 Å². The van der Waals surface area contributed by atoms with Crippen molar-refractivity contribution in [3.05, 3.63) is 0 Å². The van der Waals surface area contributed by atoms with Crippen molar-refractivity contribution in [1.29, 1.82) is 0 Å². The SMILES string of the molecule is CCCCC[Si]1CCCCC1. The van der Waals surface area contributed by atoms with Crippen molar-refractivity contribution >= 4 is 8.80 Å². The molecule has 0 aromatic rings. The lowest BCUT2D eigenvalue weighted by Gasteiger charge is -2.19. The van der Waals surface area contributed by atoms with E-state index in [1.165, 1.54) is 25.7 Å². The second kappa shape index (κ2) is 5.82. The van der Waals surface area contributed by atoms with E-state index in [4.69, 9.17) is 0 Å². The quantitative estimate of drug-likeness (QED) is 0.443. The van der Waals surface area contributed by atoms with Crippen LogP contribution in [0.15, 0.2) is 0 Å². The highest BCUT2D eigenvalue weighted by Gasteiger charge is 2.13. The average Bonchev–Trinajstić information content (AvgIpc) is 2.07. The van der Waals surface area contributed by atoms with Crippen molar-refractivity contribution in [3.8, 4) is 0 Å². The van der Waals surface area contributed by atoms with Crippen LogP contribution in [0.4, 0.5) is 0 Å². The van der Waals surface area contributed by atoms with Gasteiger partial charge in [-0.1, -0.05) is 63.6 Å². The Morgan fingerprint density at radius 2 is 1.73 bits per heavy atom. The molecule has 0 N–H and O–H groups in total. The monoisotopic (exact) mass is 169 g/mol. The van der Waals surface area contributed by atoms with Gasteiger partial charge < -0.3 is 0 Å². The second-order valence-electron chi connectivity index (χ2n) is 3.77. The van der Waals surface area contributed by atoms with Gasteiger partial charge in [-0.15, -0.1) is 0 Å². The summed E-state index contributed by atoms with van der Waals surface area (Å²) < 4.78 is 0. The normalized spacial score (nSPS) is 20.5. The lowest BCUT2D eigenvalue weighted by molar-refractivity contribution is 0.703. The maximum atomic E-state index is 2.30. The Labute approximate surface area is 73.0 Å². The predicted molar refractivity (Wildman–Crippen MR) is 53.6 cm³/mol. The summed E-state index contributed by atoms with van der Waals surface area (Å²) in [5.74, 6) is 0. The third-order valence-corrected chi connectivity index (χ3v) is 5.88. The fraction of sp³-hybridized carbons (Fsp3) is 1.00. The van der Waals surface area contributed by atoms with Gasteiger partial charge in [-0.3, -0.25) is 0 Å². The Bertz CT molecular complexity index is 84.9. The first-order chi connectivity index (χ1) is 5.43. The topological polar surface area (TPSA) is 0 Å². The Hall–Kier alpha value is 0.217. The molecule has 1 radical (unpaired) electrons. The first-order valence-corrected chi connectivity index (χ1v) is 7.39. The third kappa shape index (κ3) is 3.95. The zero-order chi connectivity index (χ0) is 7.94. The van der Waals surface area contributed by atoms with Crippen LogP contribution in [-0.4, -0.2) is 8.80 Å². The second-order valence-corrected chi connectivity index (χ2v) is 6.77. The van der Waals surface area contributed by atoms with Gasteiger partial charge in [-0.05, 0) is 0 Å². The van der Waals surface area contributed by atoms with E-state index >= 15 is 0 Å². The van der Waals surface area contributed by atoms with Gasteiger partial charge in [0.15, 0.2) is 0 Å². The van der Waals surface area contributed by atoms with Crippen LogP contribution in [0.3, 0.4) is 0 Å². The van der Waals surface area contributed by atoms with E-state index < -0.39 is 0 Å². The van der Waals surface area contributed by atoms with Gasteiger partial charge in [0, 0.05) is 8.80 Å². The summed E-state index contributed by atoms with van der Waals surface area (Å²) in [4.78, 5) is 0. The molecule has 1 fully saturated rings. The van der Waals surface area contributed by atoms with Gasteiger partial charge in [-0.2, -0.15) is 0 Å². The predicted octanol–water partition coefficient (Wildman–Crippen LogP) is 3.86. The molecule has 0 spiro atoms. The molecular weight excluding hydrogens is 148 g/mol. The molecule has 0 bridgehead atoms. The maximum Gasteiger partial charge on any atom is 0.0479 e. The van der Waals surface area contributed by atoms with E-state index in [9.17, 15) is 0 Å². The minimum absolute atomic E-state index is 0.179. The average molecular weight is 169 g/mol. The van der Waals surface area contributed by atoms with E-state index in [-0.39, 0.29) is 8.80 Å². The standard InChI is InChI=1S/C10H21Si/c1-2-3-5-8-11-9-6-4-7-10-11/h2-10H2,1H3. The lowest BCUT2D eigenvalue weighted by Crippen LogP contribution is -2.15. The summed E-state index contributed by atoms with van der Waals surface area (Å²) in [5, 5.41) is 0. The summed E-state index contributed by atoms with van der Waals surface area (Å²) in [6, 6.07) is 4.89. The van der Waals surface area contributed by atoms with E-state index in [1.807, 2.05) is 0 Å². The van der Waals surface area contributed by atoms with Crippen molar-refractivity contribution in [2.45, 2.75) is 63.6 Å². The zero-order valence-corrected chi connectivity index (χ0v) is 8.86. The van der Waals surface area contributed by atoms with Crippen molar-refractivity contribution in [2.24, 2.45) is 0 Å². The Balaban J connectivity index is 1.96. The van der Waals surface area contributed by atoms with Crippen LogP contribution in [0.5, 0.6) is 0 Å². The Morgan fingerprint density at radius 3 is 2.36 bits per heavy atom. The molecule has 1 saturated heterocycles. The number of unbranched alkanes of at least 4 members (excludes halogenated alkanes) is 2. The van der Waals surface area contributed by atoms with Crippen molar-refractivity contribution < 1.29 is 0 Å². The summed E-state index contributed by atoms with van der Waals surface area (Å²) in [5.41, 5.74) is 0. The molecule has 1 heteroatoms. The molecule has 65 valence electrons. The van der Waals surface area contributed by atoms with Crippen LogP contribution in [0.2, 0.25) is 18.1 Å². The summed E-state index contributed by atoms with van der Waals surface area (Å²) in [6.45, 7) is 2.30. The Kier molecular flexibility index (Phi) is 4.92. The molecular formula is C10H21Si. The lowest BCUT2D eigenvalue weighted by atomic mass is 10.3. The molecule has 0 amide bonds. The van der Waals surface area contributed by atoms with Crippen LogP contribution in [-0.2, 0) is 0 Å². The zero-order valence-electron chi connectivity index (χ0n) is 7.86. The Morgan fingerprint density at radius 1 is 1.00 bits per heavy atom. The molecule has 0 nitrogen and oxygen atoms in total. The molecule has 0 aliphatic carbocycles. The van der Waals surface area contributed by atoms with E-state index in [2.05, 4.69) is 6.92 Å². The van der Waals surface area contributed by atoms with E-state index in [0.29, 0.717) is 0 Å².